The molecule has 10 heavy (non-hydrogen) atoms. The number of ether oxygens (including phenoxy) is 1. The Morgan fingerprint density at radius 2 is 2.10 bits per heavy atom. The summed E-state index contributed by atoms with van der Waals surface area (Å²) in [5.41, 5.74) is 5.30. The molecule has 0 spiro atoms. The van der Waals surface area contributed by atoms with E-state index >= 15 is 0 Å². The van der Waals surface area contributed by atoms with Crippen molar-refractivity contribution in [1.82, 2.24) is 5.32 Å². The van der Waals surface area contributed by atoms with Gasteiger partial charge in [-0.15, -0.1) is 0 Å². The van der Waals surface area contributed by atoms with E-state index in [2.05, 4.69) is 5.32 Å². The molecule has 0 aromatic rings. The Balaban J connectivity index is 3.42. The first kappa shape index (κ1) is 9.88. The Bertz CT molecular complexity index is 83.7. The van der Waals surface area contributed by atoms with Crippen molar-refractivity contribution in [2.24, 2.45) is 5.73 Å². The smallest absolute Gasteiger partial charge is 0.0970 e. The summed E-state index contributed by atoms with van der Waals surface area (Å²) >= 11 is 0. The van der Waals surface area contributed by atoms with Gasteiger partial charge in [0.05, 0.1) is 12.3 Å². The van der Waals surface area contributed by atoms with Crippen LogP contribution in [-0.2, 0) is 4.74 Å². The molecule has 0 unspecified atom stereocenters. The first-order valence-corrected chi connectivity index (χ1v) is 3.61. The average molecular weight is 146 g/mol. The van der Waals surface area contributed by atoms with Gasteiger partial charge in [0, 0.05) is 0 Å². The monoisotopic (exact) mass is 146 g/mol. The minimum Gasteiger partial charge on any atom is -0.360 e. The van der Waals surface area contributed by atoms with E-state index in [0.717, 1.165) is 6.42 Å². The maximum atomic E-state index is 5.43. The average Bonchev–Trinajstić information content (AvgIpc) is 1.84. The fourth-order valence-corrected chi connectivity index (χ4v) is 0.687. The van der Waals surface area contributed by atoms with Crippen molar-refractivity contribution in [3.05, 3.63) is 0 Å². The maximum absolute atomic E-state index is 5.43. The van der Waals surface area contributed by atoms with Crippen molar-refractivity contribution >= 4 is 0 Å². The van der Waals surface area contributed by atoms with Crippen molar-refractivity contribution in [3.8, 4) is 0 Å². The zero-order valence-electron chi connectivity index (χ0n) is 7.11. The van der Waals surface area contributed by atoms with Crippen LogP contribution >= 0.6 is 0 Å². The van der Waals surface area contributed by atoms with E-state index in [1.807, 2.05) is 20.9 Å². The summed E-state index contributed by atoms with van der Waals surface area (Å²) in [6, 6.07) is 0. The maximum Gasteiger partial charge on any atom is 0.0970 e. The number of hydrogen-bond donors (Lipinski definition) is 2. The lowest BCUT2D eigenvalue weighted by atomic mass is 10.1. The largest absolute Gasteiger partial charge is 0.360 e. The second kappa shape index (κ2) is 4.66. The van der Waals surface area contributed by atoms with Gasteiger partial charge in [-0.25, -0.2) is 0 Å². The van der Waals surface area contributed by atoms with Crippen molar-refractivity contribution < 1.29 is 4.74 Å². The fourth-order valence-electron chi connectivity index (χ4n) is 0.687. The standard InChI is InChI=1S/C7H18N2O/c1-7(2,4-5-8)10-6-9-3/h9H,4-6,8H2,1-3H3. The molecule has 3 N–H and O–H groups in total. The molecule has 0 aliphatic heterocycles. The third kappa shape index (κ3) is 4.73. The van der Waals surface area contributed by atoms with Gasteiger partial charge in [-0.1, -0.05) is 0 Å². The van der Waals surface area contributed by atoms with Gasteiger partial charge in [0.15, 0.2) is 0 Å². The van der Waals surface area contributed by atoms with Crippen LogP contribution in [0, 0.1) is 0 Å². The van der Waals surface area contributed by atoms with E-state index in [0.29, 0.717) is 13.3 Å². The quantitative estimate of drug-likeness (QED) is 0.549. The van der Waals surface area contributed by atoms with Crippen LogP contribution in [0.5, 0.6) is 0 Å². The van der Waals surface area contributed by atoms with Gasteiger partial charge in [-0.2, -0.15) is 0 Å². The lowest BCUT2D eigenvalue weighted by molar-refractivity contribution is -0.0285. The third-order valence-electron chi connectivity index (χ3n) is 1.35. The second-order valence-electron chi connectivity index (χ2n) is 2.94. The van der Waals surface area contributed by atoms with E-state index in [4.69, 9.17) is 10.5 Å². The molecular formula is C7H18N2O. The minimum absolute atomic E-state index is 0.0856. The lowest BCUT2D eigenvalue weighted by Gasteiger charge is -2.24. The number of hydrogen-bond acceptors (Lipinski definition) is 3. The zero-order valence-corrected chi connectivity index (χ0v) is 7.11. The summed E-state index contributed by atoms with van der Waals surface area (Å²) in [4.78, 5) is 0. The van der Waals surface area contributed by atoms with E-state index in [1.54, 1.807) is 0 Å². The first-order valence-electron chi connectivity index (χ1n) is 3.61. The normalized spacial score (nSPS) is 12.0. The lowest BCUT2D eigenvalue weighted by Crippen LogP contribution is -2.31. The molecule has 0 aromatic carbocycles. The summed E-state index contributed by atoms with van der Waals surface area (Å²) in [6.07, 6.45) is 0.898. The van der Waals surface area contributed by atoms with Crippen LogP contribution in [0.1, 0.15) is 20.3 Å². The molecule has 0 radical (unpaired) electrons. The summed E-state index contributed by atoms with van der Waals surface area (Å²) in [7, 11) is 1.86. The molecule has 0 rings (SSSR count). The molecule has 0 aliphatic rings. The first-order chi connectivity index (χ1) is 4.62. The molecule has 0 saturated heterocycles. The highest BCUT2D eigenvalue weighted by molar-refractivity contribution is 4.67. The number of nitrogens with one attached hydrogen (secondary N) is 1. The summed E-state index contributed by atoms with van der Waals surface area (Å²) < 4.78 is 5.43. The molecule has 62 valence electrons. The van der Waals surface area contributed by atoms with Crippen molar-refractivity contribution in [1.29, 1.82) is 0 Å². The molecule has 0 fully saturated rings. The Morgan fingerprint density at radius 1 is 1.50 bits per heavy atom. The van der Waals surface area contributed by atoms with Crippen LogP contribution in [0.2, 0.25) is 0 Å². The van der Waals surface area contributed by atoms with Crippen molar-refractivity contribution in [2.45, 2.75) is 25.9 Å². The highest BCUT2D eigenvalue weighted by Gasteiger charge is 2.15. The number of nitrogens with two attached hydrogens (primary N) is 1. The zero-order chi connectivity index (χ0) is 8.04. The molecule has 3 heteroatoms. The van der Waals surface area contributed by atoms with Gasteiger partial charge in [0.25, 0.3) is 0 Å². The second-order valence-corrected chi connectivity index (χ2v) is 2.94. The van der Waals surface area contributed by atoms with E-state index in [-0.39, 0.29) is 5.60 Å². The Kier molecular flexibility index (Phi) is 4.60. The molecule has 0 bridgehead atoms. The van der Waals surface area contributed by atoms with Gasteiger partial charge >= 0.3 is 0 Å². The van der Waals surface area contributed by atoms with Crippen LogP contribution in [0.4, 0.5) is 0 Å². The SMILES string of the molecule is CNCOC(C)(C)CCN. The van der Waals surface area contributed by atoms with Crippen LogP contribution in [0.15, 0.2) is 0 Å². The predicted molar refractivity (Wildman–Crippen MR) is 42.8 cm³/mol. The highest BCUT2D eigenvalue weighted by atomic mass is 16.5. The molecule has 0 atom stereocenters. The number of rotatable bonds is 5. The van der Waals surface area contributed by atoms with Gasteiger partial charge in [0.2, 0.25) is 0 Å². The van der Waals surface area contributed by atoms with E-state index < -0.39 is 0 Å². The molecule has 3 nitrogen and oxygen atoms in total. The summed E-state index contributed by atoms with van der Waals surface area (Å²) in [5, 5.41) is 2.92. The minimum atomic E-state index is -0.0856. The molecule has 0 aliphatic carbocycles. The Morgan fingerprint density at radius 3 is 2.50 bits per heavy atom. The predicted octanol–water partition coefficient (Wildman–Crippen LogP) is 0.307. The van der Waals surface area contributed by atoms with Gasteiger partial charge in [-0.3, -0.25) is 5.32 Å². The summed E-state index contributed by atoms with van der Waals surface area (Å²) in [5.74, 6) is 0. The van der Waals surface area contributed by atoms with Crippen LogP contribution < -0.4 is 11.1 Å². The van der Waals surface area contributed by atoms with Crippen LogP contribution in [-0.4, -0.2) is 25.9 Å². The third-order valence-corrected chi connectivity index (χ3v) is 1.35. The molecule has 0 aromatic heterocycles. The van der Waals surface area contributed by atoms with Crippen LogP contribution in [0.25, 0.3) is 0 Å². The Hall–Kier alpha value is -0.120. The van der Waals surface area contributed by atoms with Crippen molar-refractivity contribution in [3.63, 3.8) is 0 Å². The highest BCUT2D eigenvalue weighted by Crippen LogP contribution is 2.11. The molecule has 0 heterocycles. The fraction of sp³-hybridized carbons (Fsp3) is 1.00. The van der Waals surface area contributed by atoms with E-state index in [1.165, 1.54) is 0 Å². The topological polar surface area (TPSA) is 47.3 Å². The van der Waals surface area contributed by atoms with Gasteiger partial charge in [-0.05, 0) is 33.9 Å². The molecular weight excluding hydrogens is 128 g/mol. The van der Waals surface area contributed by atoms with Crippen LogP contribution in [0.3, 0.4) is 0 Å². The Labute approximate surface area is 62.9 Å². The van der Waals surface area contributed by atoms with Crippen molar-refractivity contribution in [2.75, 3.05) is 20.3 Å². The molecule has 0 amide bonds. The molecule has 0 saturated carbocycles. The summed E-state index contributed by atoms with van der Waals surface area (Å²) in [6.45, 7) is 5.35. The van der Waals surface area contributed by atoms with Gasteiger partial charge in [0.1, 0.15) is 0 Å². The van der Waals surface area contributed by atoms with Gasteiger partial charge < -0.3 is 10.5 Å². The van der Waals surface area contributed by atoms with E-state index in [9.17, 15) is 0 Å².